The van der Waals surface area contributed by atoms with Crippen LogP contribution in [-0.2, 0) is 0 Å². The number of benzene rings is 2. The monoisotopic (exact) mass is 345 g/mol. The Labute approximate surface area is 130 Å². The highest BCUT2D eigenvalue weighted by Crippen LogP contribution is 2.28. The van der Waals surface area contributed by atoms with Crippen LogP contribution in [0, 0.1) is 11.7 Å². The number of aromatic amines is 1. The number of hydrogen-bond acceptors (Lipinski definition) is 2. The summed E-state index contributed by atoms with van der Waals surface area (Å²) in [5.41, 5.74) is 3.17. The molecule has 0 saturated carbocycles. The highest BCUT2D eigenvalue weighted by molar-refractivity contribution is 9.10. The molecule has 0 unspecified atom stereocenters. The summed E-state index contributed by atoms with van der Waals surface area (Å²) in [6, 6.07) is 16.1. The van der Waals surface area contributed by atoms with Crippen LogP contribution in [0.25, 0.3) is 17.1 Å². The highest BCUT2D eigenvalue weighted by Gasteiger charge is 2.13. The number of hydrogen-bond donors (Lipinski definition) is 1. The molecule has 0 fully saturated rings. The predicted molar refractivity (Wildman–Crippen MR) is 86.6 cm³/mol. The zero-order valence-corrected chi connectivity index (χ0v) is 13.2. The summed E-state index contributed by atoms with van der Waals surface area (Å²) in [4.78, 5) is 0. The van der Waals surface area contributed by atoms with Crippen LogP contribution >= 0.6 is 28.1 Å². The first kappa shape index (κ1) is 13.3. The zero-order valence-electron chi connectivity index (χ0n) is 10.8. The molecule has 0 bridgehead atoms. The van der Waals surface area contributed by atoms with Crippen molar-refractivity contribution in [3.05, 3.63) is 63.3 Å². The van der Waals surface area contributed by atoms with Gasteiger partial charge in [-0.15, -0.1) is 0 Å². The molecule has 0 aliphatic heterocycles. The number of aryl methyl sites for hydroxylation is 1. The van der Waals surface area contributed by atoms with Crippen LogP contribution in [0.3, 0.4) is 0 Å². The van der Waals surface area contributed by atoms with E-state index < -0.39 is 0 Å². The first-order chi connectivity index (χ1) is 9.68. The number of halogens is 1. The van der Waals surface area contributed by atoms with Gasteiger partial charge in [-0.2, -0.15) is 5.10 Å². The highest BCUT2D eigenvalue weighted by atomic mass is 79.9. The molecule has 0 radical (unpaired) electrons. The summed E-state index contributed by atoms with van der Waals surface area (Å²) >= 11 is 9.02. The summed E-state index contributed by atoms with van der Waals surface area (Å²) in [5.74, 6) is 0.807. The molecular weight excluding hydrogens is 334 g/mol. The van der Waals surface area contributed by atoms with Gasteiger partial charge >= 0.3 is 0 Å². The fourth-order valence-electron chi connectivity index (χ4n) is 2.11. The van der Waals surface area contributed by atoms with Gasteiger partial charge in [0.05, 0.1) is 5.69 Å². The third-order valence-electron chi connectivity index (χ3n) is 3.12. The van der Waals surface area contributed by atoms with E-state index in [4.69, 9.17) is 12.2 Å². The van der Waals surface area contributed by atoms with Gasteiger partial charge in [0.2, 0.25) is 0 Å². The molecule has 0 atom stereocenters. The van der Waals surface area contributed by atoms with Crippen molar-refractivity contribution in [1.29, 1.82) is 0 Å². The van der Waals surface area contributed by atoms with Gasteiger partial charge in [-0.05, 0) is 46.7 Å². The van der Waals surface area contributed by atoms with E-state index in [9.17, 15) is 0 Å². The smallest absolute Gasteiger partial charge is 0.200 e. The third kappa shape index (κ3) is 2.23. The molecular formula is C15H12BrN3S. The van der Waals surface area contributed by atoms with Gasteiger partial charge in [0.1, 0.15) is 0 Å². The minimum absolute atomic E-state index is 0.579. The quantitative estimate of drug-likeness (QED) is 0.684. The molecule has 1 N–H and O–H groups in total. The molecule has 2 aromatic carbocycles. The molecule has 3 rings (SSSR count). The minimum atomic E-state index is 0.579. The maximum Gasteiger partial charge on any atom is 0.200 e. The first-order valence-corrected chi connectivity index (χ1v) is 7.37. The zero-order chi connectivity index (χ0) is 14.1. The van der Waals surface area contributed by atoms with Gasteiger partial charge in [-0.3, -0.25) is 9.67 Å². The fourth-order valence-corrected chi connectivity index (χ4v) is 2.78. The molecule has 0 saturated heterocycles. The van der Waals surface area contributed by atoms with E-state index in [1.165, 1.54) is 0 Å². The summed E-state index contributed by atoms with van der Waals surface area (Å²) in [6.07, 6.45) is 0. The van der Waals surface area contributed by atoms with Crippen LogP contribution in [0.2, 0.25) is 0 Å². The average molecular weight is 346 g/mol. The molecule has 20 heavy (non-hydrogen) atoms. The Hall–Kier alpha value is -1.72. The van der Waals surface area contributed by atoms with Crippen LogP contribution in [-0.4, -0.2) is 14.8 Å². The maximum absolute atomic E-state index is 5.38. The van der Waals surface area contributed by atoms with Crippen molar-refractivity contribution in [2.45, 2.75) is 6.92 Å². The number of H-pyrrole nitrogens is 1. The fraction of sp³-hybridized carbons (Fsp3) is 0.0667. The number of rotatable bonds is 2. The van der Waals surface area contributed by atoms with E-state index in [2.05, 4.69) is 39.1 Å². The van der Waals surface area contributed by atoms with Gasteiger partial charge in [-0.1, -0.05) is 42.5 Å². The van der Waals surface area contributed by atoms with Crippen molar-refractivity contribution >= 4 is 28.1 Å². The Bertz CT molecular complexity index is 805. The first-order valence-electron chi connectivity index (χ1n) is 6.17. The van der Waals surface area contributed by atoms with E-state index in [0.29, 0.717) is 4.77 Å². The molecule has 5 heteroatoms. The van der Waals surface area contributed by atoms with Crippen molar-refractivity contribution in [2.75, 3.05) is 0 Å². The number of nitrogens with zero attached hydrogens (tertiary/aromatic N) is 2. The lowest BCUT2D eigenvalue weighted by atomic mass is 10.2. The van der Waals surface area contributed by atoms with E-state index in [1.54, 1.807) is 0 Å². The summed E-state index contributed by atoms with van der Waals surface area (Å²) in [6.45, 7) is 2.06. The van der Waals surface area contributed by atoms with Gasteiger partial charge in [0.15, 0.2) is 10.6 Å². The van der Waals surface area contributed by atoms with E-state index in [-0.39, 0.29) is 0 Å². The lowest BCUT2D eigenvalue weighted by molar-refractivity contribution is 1.03. The van der Waals surface area contributed by atoms with Crippen LogP contribution < -0.4 is 0 Å². The summed E-state index contributed by atoms with van der Waals surface area (Å²) < 4.78 is 3.55. The van der Waals surface area contributed by atoms with Gasteiger partial charge in [-0.25, -0.2) is 0 Å². The van der Waals surface area contributed by atoms with Crippen molar-refractivity contribution in [2.24, 2.45) is 0 Å². The lowest BCUT2D eigenvalue weighted by Gasteiger charge is -2.10. The standard InChI is InChI=1S/C15H12BrN3S/c1-10-6-5-9-12(13(10)16)19-14(17-18-15(19)20)11-7-3-2-4-8-11/h2-9H,1H3,(H,18,20). The Morgan fingerprint density at radius 3 is 2.60 bits per heavy atom. The molecule has 3 nitrogen and oxygen atoms in total. The largest absolute Gasteiger partial charge is 0.267 e. The van der Waals surface area contributed by atoms with Crippen LogP contribution in [0.5, 0.6) is 0 Å². The van der Waals surface area contributed by atoms with Crippen LogP contribution in [0.15, 0.2) is 53.0 Å². The second-order valence-corrected chi connectivity index (χ2v) is 5.64. The topological polar surface area (TPSA) is 33.6 Å². The second-order valence-electron chi connectivity index (χ2n) is 4.46. The molecule has 0 aliphatic rings. The number of aromatic nitrogens is 3. The molecule has 0 aliphatic carbocycles. The Balaban J connectivity index is 2.28. The van der Waals surface area contributed by atoms with Crippen LogP contribution in [0.4, 0.5) is 0 Å². The van der Waals surface area contributed by atoms with E-state index in [1.807, 2.05) is 47.0 Å². The van der Waals surface area contributed by atoms with Crippen molar-refractivity contribution < 1.29 is 0 Å². The van der Waals surface area contributed by atoms with Crippen LogP contribution in [0.1, 0.15) is 5.56 Å². The molecule has 100 valence electrons. The summed E-state index contributed by atoms with van der Waals surface area (Å²) in [7, 11) is 0. The summed E-state index contributed by atoms with van der Waals surface area (Å²) in [5, 5.41) is 7.23. The third-order valence-corrected chi connectivity index (χ3v) is 4.42. The van der Waals surface area contributed by atoms with Gasteiger partial charge in [0.25, 0.3) is 0 Å². The average Bonchev–Trinajstić information content (AvgIpc) is 2.85. The minimum Gasteiger partial charge on any atom is -0.267 e. The van der Waals surface area contributed by atoms with E-state index in [0.717, 1.165) is 27.1 Å². The Morgan fingerprint density at radius 1 is 1.10 bits per heavy atom. The Kier molecular flexibility index (Phi) is 3.54. The van der Waals surface area contributed by atoms with Gasteiger partial charge < -0.3 is 0 Å². The molecule has 3 aromatic rings. The van der Waals surface area contributed by atoms with Crippen molar-refractivity contribution in [1.82, 2.24) is 14.8 Å². The molecule has 0 amide bonds. The van der Waals surface area contributed by atoms with Gasteiger partial charge in [0, 0.05) is 10.0 Å². The lowest BCUT2D eigenvalue weighted by Crippen LogP contribution is -1.99. The molecule has 1 aromatic heterocycles. The van der Waals surface area contributed by atoms with E-state index >= 15 is 0 Å². The Morgan fingerprint density at radius 2 is 1.85 bits per heavy atom. The second kappa shape index (κ2) is 5.34. The maximum atomic E-state index is 5.38. The molecule has 1 heterocycles. The van der Waals surface area contributed by atoms with Crippen molar-refractivity contribution in [3.63, 3.8) is 0 Å². The van der Waals surface area contributed by atoms with Crippen molar-refractivity contribution in [3.8, 4) is 17.1 Å². The number of nitrogens with one attached hydrogen (secondary N) is 1. The predicted octanol–water partition coefficient (Wildman–Crippen LogP) is 4.67. The normalized spacial score (nSPS) is 10.7. The SMILES string of the molecule is Cc1cccc(-n2c(-c3ccccc3)n[nH]c2=S)c1Br. The molecule has 0 spiro atoms.